The summed E-state index contributed by atoms with van der Waals surface area (Å²) in [5.41, 5.74) is 0. The van der Waals surface area contributed by atoms with Crippen molar-refractivity contribution in [1.82, 2.24) is 0 Å². The minimum Gasteiger partial charge on any atom is -0.171 e. The molecule has 2 rings (SSSR count). The molecule has 0 aromatic heterocycles. The third kappa shape index (κ3) is 8.36. The van der Waals surface area contributed by atoms with Crippen molar-refractivity contribution < 1.29 is 13.2 Å². The van der Waals surface area contributed by atoms with Gasteiger partial charge in [0.25, 0.3) is 0 Å². The SMILES string of the molecule is CCCCCCC1CCC(C2CCC(C#CCCC(F)(F)F)CC2)CC1. The minimum atomic E-state index is -4.07. The summed E-state index contributed by atoms with van der Waals surface area (Å²) in [6.45, 7) is 2.27. The van der Waals surface area contributed by atoms with Gasteiger partial charge in [0.15, 0.2) is 0 Å². The lowest BCUT2D eigenvalue weighted by molar-refractivity contribution is -0.133. The highest BCUT2D eigenvalue weighted by molar-refractivity contribution is 5.05. The number of halogens is 3. The first-order valence-corrected chi connectivity index (χ1v) is 11.0. The molecule has 0 aromatic carbocycles. The molecule has 0 nitrogen and oxygen atoms in total. The second-order valence-electron chi connectivity index (χ2n) is 8.68. The van der Waals surface area contributed by atoms with Crippen LogP contribution in [0, 0.1) is 35.5 Å². The minimum absolute atomic E-state index is 0.0360. The van der Waals surface area contributed by atoms with Crippen LogP contribution in [0.25, 0.3) is 0 Å². The summed E-state index contributed by atoms with van der Waals surface area (Å²) < 4.78 is 36.4. The Morgan fingerprint density at radius 2 is 1.42 bits per heavy atom. The number of alkyl halides is 3. The van der Waals surface area contributed by atoms with Crippen LogP contribution in [-0.2, 0) is 0 Å². The van der Waals surface area contributed by atoms with Crippen molar-refractivity contribution in [2.24, 2.45) is 23.7 Å². The number of hydrogen-bond acceptors (Lipinski definition) is 0. The Kier molecular flexibility index (Phi) is 9.37. The highest BCUT2D eigenvalue weighted by Crippen LogP contribution is 2.42. The molecule has 0 amide bonds. The second kappa shape index (κ2) is 11.3. The predicted octanol–water partition coefficient (Wildman–Crippen LogP) is 7.92. The van der Waals surface area contributed by atoms with E-state index in [0.717, 1.165) is 30.6 Å². The fraction of sp³-hybridized carbons (Fsp3) is 0.913. The topological polar surface area (TPSA) is 0 Å². The molecule has 0 heterocycles. The summed E-state index contributed by atoms with van der Waals surface area (Å²) in [5.74, 6) is 8.95. The van der Waals surface area contributed by atoms with Gasteiger partial charge in [-0.05, 0) is 56.3 Å². The van der Waals surface area contributed by atoms with Gasteiger partial charge >= 0.3 is 6.18 Å². The molecule has 26 heavy (non-hydrogen) atoms. The Balaban J connectivity index is 1.60. The van der Waals surface area contributed by atoms with Crippen LogP contribution < -0.4 is 0 Å². The zero-order chi connectivity index (χ0) is 18.8. The zero-order valence-electron chi connectivity index (χ0n) is 16.5. The first kappa shape index (κ1) is 21.6. The normalized spacial score (nSPS) is 29.8. The fourth-order valence-corrected chi connectivity index (χ4v) is 4.96. The molecule has 2 fully saturated rings. The maximum atomic E-state index is 12.1. The summed E-state index contributed by atoms with van der Waals surface area (Å²) in [6.07, 6.45) is 12.4. The lowest BCUT2D eigenvalue weighted by Gasteiger charge is -2.37. The van der Waals surface area contributed by atoms with Gasteiger partial charge in [0, 0.05) is 12.3 Å². The molecule has 0 aliphatic heterocycles. The van der Waals surface area contributed by atoms with E-state index in [-0.39, 0.29) is 6.42 Å². The highest BCUT2D eigenvalue weighted by atomic mass is 19.4. The third-order valence-corrected chi connectivity index (χ3v) is 6.64. The molecule has 0 saturated heterocycles. The maximum absolute atomic E-state index is 12.1. The molecular formula is C23H37F3. The van der Waals surface area contributed by atoms with E-state index in [0.29, 0.717) is 5.92 Å². The third-order valence-electron chi connectivity index (χ3n) is 6.64. The summed E-state index contributed by atoms with van der Waals surface area (Å²) >= 11 is 0. The van der Waals surface area contributed by atoms with E-state index in [2.05, 4.69) is 18.8 Å². The first-order chi connectivity index (χ1) is 12.5. The van der Waals surface area contributed by atoms with Gasteiger partial charge in [-0.1, -0.05) is 57.8 Å². The monoisotopic (exact) mass is 370 g/mol. The van der Waals surface area contributed by atoms with Crippen molar-refractivity contribution in [3.63, 3.8) is 0 Å². The Bertz CT molecular complexity index is 427. The van der Waals surface area contributed by atoms with Gasteiger partial charge < -0.3 is 0 Å². The van der Waals surface area contributed by atoms with Gasteiger partial charge in [0.2, 0.25) is 0 Å². The van der Waals surface area contributed by atoms with Crippen molar-refractivity contribution in [1.29, 1.82) is 0 Å². The maximum Gasteiger partial charge on any atom is 0.390 e. The van der Waals surface area contributed by atoms with E-state index in [1.54, 1.807) is 0 Å². The van der Waals surface area contributed by atoms with E-state index >= 15 is 0 Å². The van der Waals surface area contributed by atoms with Crippen LogP contribution >= 0.6 is 0 Å². The fourth-order valence-electron chi connectivity index (χ4n) is 4.96. The summed E-state index contributed by atoms with van der Waals surface area (Å²) in [7, 11) is 0. The van der Waals surface area contributed by atoms with Gasteiger partial charge in [-0.25, -0.2) is 0 Å². The quantitative estimate of drug-likeness (QED) is 0.315. The van der Waals surface area contributed by atoms with Crippen molar-refractivity contribution in [3.8, 4) is 11.8 Å². The highest BCUT2D eigenvalue weighted by Gasteiger charge is 2.30. The lowest BCUT2D eigenvalue weighted by Crippen LogP contribution is -2.25. The molecule has 0 spiro atoms. The van der Waals surface area contributed by atoms with Crippen molar-refractivity contribution in [3.05, 3.63) is 0 Å². The molecule has 2 saturated carbocycles. The molecular weight excluding hydrogens is 333 g/mol. The van der Waals surface area contributed by atoms with Crippen molar-refractivity contribution in [2.45, 2.75) is 109 Å². The van der Waals surface area contributed by atoms with E-state index in [1.807, 2.05) is 0 Å². The van der Waals surface area contributed by atoms with Gasteiger partial charge in [-0.2, -0.15) is 13.2 Å². The molecule has 0 aromatic rings. The molecule has 0 bridgehead atoms. The number of rotatable bonds is 7. The predicted molar refractivity (Wildman–Crippen MR) is 103 cm³/mol. The second-order valence-corrected chi connectivity index (χ2v) is 8.68. The van der Waals surface area contributed by atoms with Crippen LogP contribution in [0.3, 0.4) is 0 Å². The van der Waals surface area contributed by atoms with Crippen LogP contribution in [0.15, 0.2) is 0 Å². The molecule has 150 valence electrons. The average Bonchev–Trinajstić information content (AvgIpc) is 2.63. The molecule has 2 aliphatic carbocycles. The van der Waals surface area contributed by atoms with E-state index < -0.39 is 12.6 Å². The van der Waals surface area contributed by atoms with E-state index in [9.17, 15) is 13.2 Å². The van der Waals surface area contributed by atoms with E-state index in [1.165, 1.54) is 70.6 Å². The average molecular weight is 371 g/mol. The summed E-state index contributed by atoms with van der Waals surface area (Å²) in [6, 6.07) is 0. The van der Waals surface area contributed by atoms with Crippen LogP contribution in [0.1, 0.15) is 103 Å². The Morgan fingerprint density at radius 1 is 0.808 bits per heavy atom. The zero-order valence-corrected chi connectivity index (χ0v) is 16.5. The van der Waals surface area contributed by atoms with Gasteiger partial charge in [0.1, 0.15) is 0 Å². The summed E-state index contributed by atoms with van der Waals surface area (Å²) in [4.78, 5) is 0. The Labute approximate surface area is 158 Å². The molecule has 0 radical (unpaired) electrons. The van der Waals surface area contributed by atoms with Gasteiger partial charge in [0.05, 0.1) is 6.42 Å². The van der Waals surface area contributed by atoms with Crippen LogP contribution in [0.5, 0.6) is 0 Å². The van der Waals surface area contributed by atoms with Crippen LogP contribution in [-0.4, -0.2) is 6.18 Å². The Morgan fingerprint density at radius 3 is 2.00 bits per heavy atom. The van der Waals surface area contributed by atoms with Gasteiger partial charge in [-0.3, -0.25) is 0 Å². The van der Waals surface area contributed by atoms with Crippen molar-refractivity contribution in [2.75, 3.05) is 0 Å². The van der Waals surface area contributed by atoms with E-state index in [4.69, 9.17) is 0 Å². The molecule has 0 unspecified atom stereocenters. The summed E-state index contributed by atoms with van der Waals surface area (Å²) in [5, 5.41) is 0. The van der Waals surface area contributed by atoms with Crippen molar-refractivity contribution >= 4 is 0 Å². The van der Waals surface area contributed by atoms with Crippen LogP contribution in [0.4, 0.5) is 13.2 Å². The number of hydrogen-bond donors (Lipinski definition) is 0. The molecule has 0 atom stereocenters. The molecule has 0 N–H and O–H groups in total. The lowest BCUT2D eigenvalue weighted by atomic mass is 9.69. The number of unbranched alkanes of at least 4 members (excludes halogenated alkanes) is 3. The van der Waals surface area contributed by atoms with Crippen LogP contribution in [0.2, 0.25) is 0 Å². The molecule has 3 heteroatoms. The Hall–Kier alpha value is -0.650. The largest absolute Gasteiger partial charge is 0.390 e. The smallest absolute Gasteiger partial charge is 0.171 e. The first-order valence-electron chi connectivity index (χ1n) is 11.0. The standard InChI is InChI=1S/C23H37F3/c1-2-3-4-5-8-19-10-14-21(15-11-19)22-16-12-20(13-17-22)9-6-7-18-23(24,25)26/h19-22H,2-5,7-8,10-18H2,1H3. The molecule has 2 aliphatic rings. The van der Waals surface area contributed by atoms with Gasteiger partial charge in [-0.15, -0.1) is 5.92 Å².